The molecule has 0 saturated carbocycles. The number of fused-ring (bicyclic) bond motifs is 1. The number of carbonyl (C=O) groups excluding carboxylic acids is 1. The second-order valence-corrected chi connectivity index (χ2v) is 4.41. The van der Waals surface area contributed by atoms with E-state index in [1.807, 2.05) is 24.3 Å². The second-order valence-electron chi connectivity index (χ2n) is 3.35. The van der Waals surface area contributed by atoms with Crippen LogP contribution in [-0.2, 0) is 4.79 Å². The number of anilines is 1. The van der Waals surface area contributed by atoms with Gasteiger partial charge in [0, 0.05) is 6.42 Å². The Morgan fingerprint density at radius 1 is 1.50 bits per heavy atom. The first-order valence-corrected chi connectivity index (χ1v) is 5.58. The van der Waals surface area contributed by atoms with Crippen LogP contribution in [0.15, 0.2) is 24.3 Å². The maximum atomic E-state index is 10.5. The van der Waals surface area contributed by atoms with E-state index in [4.69, 9.17) is 11.5 Å². The SMILES string of the molecule is NC(=O)CC=Cc1ccc2sc(N)nc2c1. The molecule has 5 heteroatoms. The molecule has 82 valence electrons. The Labute approximate surface area is 96.6 Å². The number of thiazole rings is 1. The second kappa shape index (κ2) is 4.32. The molecule has 0 fully saturated rings. The van der Waals surface area contributed by atoms with E-state index in [1.165, 1.54) is 11.3 Å². The minimum atomic E-state index is -0.338. The summed E-state index contributed by atoms with van der Waals surface area (Å²) in [7, 11) is 0. The van der Waals surface area contributed by atoms with Crippen molar-refractivity contribution in [3.05, 3.63) is 29.8 Å². The molecular formula is C11H11N3OS. The van der Waals surface area contributed by atoms with Crippen LogP contribution >= 0.6 is 11.3 Å². The van der Waals surface area contributed by atoms with Gasteiger partial charge in [-0.25, -0.2) is 4.98 Å². The number of nitrogens with zero attached hydrogens (tertiary/aromatic N) is 1. The zero-order valence-electron chi connectivity index (χ0n) is 8.51. The third kappa shape index (κ3) is 2.38. The molecule has 0 aliphatic carbocycles. The molecule has 0 aliphatic rings. The fourth-order valence-electron chi connectivity index (χ4n) is 1.38. The maximum absolute atomic E-state index is 10.5. The molecule has 0 bridgehead atoms. The van der Waals surface area contributed by atoms with Gasteiger partial charge in [0.15, 0.2) is 5.13 Å². The summed E-state index contributed by atoms with van der Waals surface area (Å²) in [5.74, 6) is -0.338. The molecule has 16 heavy (non-hydrogen) atoms. The molecule has 0 radical (unpaired) electrons. The number of carbonyl (C=O) groups is 1. The topological polar surface area (TPSA) is 82.0 Å². The summed E-state index contributed by atoms with van der Waals surface area (Å²) in [4.78, 5) is 14.7. The van der Waals surface area contributed by atoms with Crippen LogP contribution in [-0.4, -0.2) is 10.9 Å². The highest BCUT2D eigenvalue weighted by molar-refractivity contribution is 7.22. The van der Waals surface area contributed by atoms with Gasteiger partial charge in [0.2, 0.25) is 5.91 Å². The van der Waals surface area contributed by atoms with E-state index >= 15 is 0 Å². The van der Waals surface area contributed by atoms with Gasteiger partial charge in [0.1, 0.15) is 0 Å². The van der Waals surface area contributed by atoms with E-state index in [-0.39, 0.29) is 12.3 Å². The molecular weight excluding hydrogens is 222 g/mol. The largest absolute Gasteiger partial charge is 0.375 e. The number of aromatic nitrogens is 1. The normalized spacial score (nSPS) is 11.2. The van der Waals surface area contributed by atoms with Crippen LogP contribution in [0.4, 0.5) is 5.13 Å². The molecule has 1 aromatic carbocycles. The predicted octanol–water partition coefficient (Wildman–Crippen LogP) is 1.77. The number of amides is 1. The van der Waals surface area contributed by atoms with E-state index in [1.54, 1.807) is 6.08 Å². The summed E-state index contributed by atoms with van der Waals surface area (Å²) in [6.07, 6.45) is 3.83. The van der Waals surface area contributed by atoms with Crippen LogP contribution in [0, 0.1) is 0 Å². The molecule has 4 nitrogen and oxygen atoms in total. The first-order chi connectivity index (χ1) is 7.65. The third-order valence-corrected chi connectivity index (χ3v) is 2.92. The minimum absolute atomic E-state index is 0.247. The van der Waals surface area contributed by atoms with Gasteiger partial charge in [-0.05, 0) is 17.7 Å². The van der Waals surface area contributed by atoms with Gasteiger partial charge in [-0.2, -0.15) is 0 Å². The van der Waals surface area contributed by atoms with Gasteiger partial charge in [0.05, 0.1) is 10.2 Å². The first kappa shape index (κ1) is 10.6. The van der Waals surface area contributed by atoms with Crippen molar-refractivity contribution in [1.29, 1.82) is 0 Å². The van der Waals surface area contributed by atoms with E-state index in [9.17, 15) is 4.79 Å². The highest BCUT2D eigenvalue weighted by atomic mass is 32.1. The molecule has 0 spiro atoms. The lowest BCUT2D eigenvalue weighted by atomic mass is 10.2. The Kier molecular flexibility index (Phi) is 2.87. The summed E-state index contributed by atoms with van der Waals surface area (Å²) in [5.41, 5.74) is 12.5. The average molecular weight is 233 g/mol. The Morgan fingerprint density at radius 2 is 2.31 bits per heavy atom. The van der Waals surface area contributed by atoms with Crippen molar-refractivity contribution in [2.45, 2.75) is 6.42 Å². The standard InChI is InChI=1S/C11H11N3OS/c12-10(15)3-1-2-7-4-5-9-8(6-7)14-11(13)16-9/h1-2,4-6H,3H2,(H2,12,15)(H2,13,14). The van der Waals surface area contributed by atoms with Gasteiger partial charge >= 0.3 is 0 Å². The van der Waals surface area contributed by atoms with Crippen LogP contribution in [0.3, 0.4) is 0 Å². The van der Waals surface area contributed by atoms with Crippen molar-refractivity contribution in [3.63, 3.8) is 0 Å². The molecule has 4 N–H and O–H groups in total. The number of primary amides is 1. The monoisotopic (exact) mass is 233 g/mol. The highest BCUT2D eigenvalue weighted by Crippen LogP contribution is 2.24. The third-order valence-electron chi connectivity index (χ3n) is 2.06. The molecule has 1 heterocycles. The minimum Gasteiger partial charge on any atom is -0.375 e. The smallest absolute Gasteiger partial charge is 0.221 e. The molecule has 0 unspecified atom stereocenters. The number of hydrogen-bond acceptors (Lipinski definition) is 4. The lowest BCUT2D eigenvalue weighted by Gasteiger charge is -1.92. The Bertz CT molecular complexity index is 559. The summed E-state index contributed by atoms with van der Waals surface area (Å²) >= 11 is 1.46. The fourth-order valence-corrected chi connectivity index (χ4v) is 2.09. The molecule has 2 aromatic rings. The van der Waals surface area contributed by atoms with Crippen LogP contribution < -0.4 is 11.5 Å². The van der Waals surface area contributed by atoms with Crippen molar-refractivity contribution >= 4 is 38.7 Å². The van der Waals surface area contributed by atoms with Crippen molar-refractivity contribution < 1.29 is 4.79 Å². The van der Waals surface area contributed by atoms with Gasteiger partial charge in [0.25, 0.3) is 0 Å². The number of benzene rings is 1. The Balaban J connectivity index is 2.25. The summed E-state index contributed by atoms with van der Waals surface area (Å²) < 4.78 is 1.06. The molecule has 2 rings (SSSR count). The van der Waals surface area contributed by atoms with Crippen molar-refractivity contribution in [3.8, 4) is 0 Å². The highest BCUT2D eigenvalue weighted by Gasteiger charge is 2.00. The lowest BCUT2D eigenvalue weighted by Crippen LogP contribution is -2.07. The van der Waals surface area contributed by atoms with Gasteiger partial charge < -0.3 is 11.5 Å². The van der Waals surface area contributed by atoms with Crippen LogP contribution in [0.1, 0.15) is 12.0 Å². The first-order valence-electron chi connectivity index (χ1n) is 4.76. The van der Waals surface area contributed by atoms with E-state index in [0.29, 0.717) is 5.13 Å². The van der Waals surface area contributed by atoms with Crippen LogP contribution in [0.5, 0.6) is 0 Å². The lowest BCUT2D eigenvalue weighted by molar-refractivity contribution is -0.117. The predicted molar refractivity (Wildman–Crippen MR) is 66.9 cm³/mol. The van der Waals surface area contributed by atoms with Gasteiger partial charge in [-0.15, -0.1) is 0 Å². The molecule has 0 aliphatic heterocycles. The molecule has 0 saturated heterocycles. The molecule has 0 atom stereocenters. The van der Waals surface area contributed by atoms with E-state index in [2.05, 4.69) is 4.98 Å². The van der Waals surface area contributed by atoms with Crippen molar-refractivity contribution in [2.75, 3.05) is 5.73 Å². The van der Waals surface area contributed by atoms with Gasteiger partial charge in [-0.1, -0.05) is 29.6 Å². The van der Waals surface area contributed by atoms with Crippen LogP contribution in [0.25, 0.3) is 16.3 Å². The van der Waals surface area contributed by atoms with Gasteiger partial charge in [-0.3, -0.25) is 4.79 Å². The number of nitrogens with two attached hydrogens (primary N) is 2. The number of rotatable bonds is 3. The van der Waals surface area contributed by atoms with Crippen molar-refractivity contribution in [1.82, 2.24) is 4.98 Å². The fraction of sp³-hybridized carbons (Fsp3) is 0.0909. The molecule has 1 amide bonds. The zero-order chi connectivity index (χ0) is 11.5. The van der Waals surface area contributed by atoms with Crippen LogP contribution in [0.2, 0.25) is 0 Å². The average Bonchev–Trinajstić information content (AvgIpc) is 2.56. The maximum Gasteiger partial charge on any atom is 0.221 e. The number of nitrogen functional groups attached to an aromatic ring is 1. The van der Waals surface area contributed by atoms with E-state index in [0.717, 1.165) is 15.8 Å². The van der Waals surface area contributed by atoms with Crippen molar-refractivity contribution in [2.24, 2.45) is 5.73 Å². The summed E-state index contributed by atoms with van der Waals surface area (Å²) in [6.45, 7) is 0. The Morgan fingerprint density at radius 3 is 3.06 bits per heavy atom. The zero-order valence-corrected chi connectivity index (χ0v) is 9.33. The quantitative estimate of drug-likeness (QED) is 0.847. The Hall–Kier alpha value is -1.88. The van der Waals surface area contributed by atoms with E-state index < -0.39 is 0 Å². The number of hydrogen-bond donors (Lipinski definition) is 2. The molecule has 1 aromatic heterocycles. The summed E-state index contributed by atoms with van der Waals surface area (Å²) in [5, 5.41) is 0.563. The summed E-state index contributed by atoms with van der Waals surface area (Å²) in [6, 6.07) is 5.85.